The van der Waals surface area contributed by atoms with Crippen molar-refractivity contribution in [3.05, 3.63) is 60.4 Å². The molecule has 0 fully saturated rings. The van der Waals surface area contributed by atoms with Gasteiger partial charge in [0.1, 0.15) is 11.3 Å². The first-order chi connectivity index (χ1) is 7.84. The molecule has 0 spiro atoms. The normalized spacial score (nSPS) is 19.5. The van der Waals surface area contributed by atoms with Crippen LogP contribution in [0.15, 0.2) is 59.1 Å². The van der Waals surface area contributed by atoms with Gasteiger partial charge < -0.3 is 4.42 Å². The van der Waals surface area contributed by atoms with Crippen molar-refractivity contribution in [2.24, 2.45) is 0 Å². The van der Waals surface area contributed by atoms with Crippen LogP contribution in [0.25, 0.3) is 11.0 Å². The Labute approximate surface area is 99.1 Å². The second-order valence-electron chi connectivity index (χ2n) is 3.81. The lowest BCUT2D eigenvalue weighted by atomic mass is 9.98. The minimum absolute atomic E-state index is 0.104. The average Bonchev–Trinajstić information content (AvgIpc) is 2.73. The first kappa shape index (κ1) is 9.55. The lowest BCUT2D eigenvalue weighted by molar-refractivity contribution is 0.556. The van der Waals surface area contributed by atoms with E-state index in [1.54, 1.807) is 0 Å². The fourth-order valence-corrected chi connectivity index (χ4v) is 2.19. The van der Waals surface area contributed by atoms with Crippen LogP contribution in [0, 0.1) is 0 Å². The Kier molecular flexibility index (Phi) is 2.22. The van der Waals surface area contributed by atoms with Crippen molar-refractivity contribution >= 4 is 28.1 Å². The highest BCUT2D eigenvalue weighted by Crippen LogP contribution is 2.28. The maximum absolute atomic E-state index is 5.81. The number of rotatable bonds is 1. The van der Waals surface area contributed by atoms with Crippen LogP contribution in [0.1, 0.15) is 11.7 Å². The van der Waals surface area contributed by atoms with Gasteiger partial charge in [0.15, 0.2) is 0 Å². The second kappa shape index (κ2) is 3.72. The largest absolute Gasteiger partial charge is 0.460 e. The van der Waals surface area contributed by atoms with Gasteiger partial charge in [-0.3, -0.25) is 0 Å². The summed E-state index contributed by atoms with van der Waals surface area (Å²) in [5, 5.41) is 1.13. The van der Waals surface area contributed by atoms with Crippen molar-refractivity contribution in [2.75, 3.05) is 0 Å². The Hall–Kier alpha value is -1.67. The quantitative estimate of drug-likeness (QED) is 0.681. The van der Waals surface area contributed by atoms with Crippen molar-refractivity contribution in [1.29, 1.82) is 0 Å². The van der Waals surface area contributed by atoms with Crippen molar-refractivity contribution in [3.8, 4) is 0 Å². The van der Waals surface area contributed by atoms with Gasteiger partial charge in [0.2, 0.25) is 0 Å². The lowest BCUT2D eigenvalue weighted by Gasteiger charge is -2.10. The van der Waals surface area contributed by atoms with Gasteiger partial charge in [-0.2, -0.15) is 0 Å². The molecule has 1 atom stereocenters. The maximum atomic E-state index is 5.81. The Morgan fingerprint density at radius 2 is 2.00 bits per heavy atom. The molecule has 78 valence electrons. The number of furan rings is 1. The van der Waals surface area contributed by atoms with E-state index in [9.17, 15) is 0 Å². The summed E-state index contributed by atoms with van der Waals surface area (Å²) in [7, 11) is 0. The third-order valence-corrected chi connectivity index (χ3v) is 3.12. The van der Waals surface area contributed by atoms with Crippen molar-refractivity contribution in [2.45, 2.75) is 5.92 Å². The van der Waals surface area contributed by atoms with Crippen LogP contribution in [0.5, 0.6) is 0 Å². The third-order valence-electron chi connectivity index (χ3n) is 2.73. The van der Waals surface area contributed by atoms with E-state index in [1.807, 2.05) is 42.5 Å². The topological polar surface area (TPSA) is 13.1 Å². The Bertz CT molecular complexity index is 571. The molecule has 2 aromatic rings. The van der Waals surface area contributed by atoms with Crippen LogP contribution in [-0.4, -0.2) is 4.86 Å². The van der Waals surface area contributed by atoms with Crippen LogP contribution in [0.2, 0.25) is 0 Å². The van der Waals surface area contributed by atoms with Gasteiger partial charge in [-0.15, -0.1) is 0 Å². The Balaban J connectivity index is 2.09. The number of allylic oxidation sites excluding steroid dienone is 4. The van der Waals surface area contributed by atoms with E-state index in [4.69, 9.17) is 16.6 Å². The average molecular weight is 226 g/mol. The van der Waals surface area contributed by atoms with Gasteiger partial charge in [-0.1, -0.05) is 48.6 Å². The van der Waals surface area contributed by atoms with Gasteiger partial charge in [-0.25, -0.2) is 0 Å². The van der Waals surface area contributed by atoms with Crippen LogP contribution in [-0.2, 0) is 0 Å². The van der Waals surface area contributed by atoms with Crippen LogP contribution < -0.4 is 0 Å². The molecule has 0 saturated carbocycles. The highest BCUT2D eigenvalue weighted by atomic mass is 32.1. The summed E-state index contributed by atoms with van der Waals surface area (Å²) in [6.45, 7) is 0. The number of hydrogen-bond donors (Lipinski definition) is 0. The van der Waals surface area contributed by atoms with Crippen molar-refractivity contribution < 1.29 is 4.42 Å². The molecule has 1 aromatic heterocycles. The maximum Gasteiger partial charge on any atom is 0.134 e. The smallest absolute Gasteiger partial charge is 0.134 e. The van der Waals surface area contributed by atoms with E-state index in [0.29, 0.717) is 0 Å². The van der Waals surface area contributed by atoms with Gasteiger partial charge in [0.05, 0.1) is 5.92 Å². The molecule has 0 aliphatic heterocycles. The zero-order valence-electron chi connectivity index (χ0n) is 8.59. The predicted octanol–water partition coefficient (Wildman–Crippen LogP) is 4.01. The summed E-state index contributed by atoms with van der Waals surface area (Å²) in [6, 6.07) is 10.1. The summed E-state index contributed by atoms with van der Waals surface area (Å²) in [6.07, 6.45) is 7.99. The molecule has 16 heavy (non-hydrogen) atoms. The number of hydrogen-bond acceptors (Lipinski definition) is 2. The first-order valence-corrected chi connectivity index (χ1v) is 5.62. The fourth-order valence-electron chi connectivity index (χ4n) is 1.91. The summed E-state index contributed by atoms with van der Waals surface area (Å²) < 4.78 is 5.81. The zero-order chi connectivity index (χ0) is 11.0. The molecule has 0 N–H and O–H groups in total. The molecule has 0 radical (unpaired) electrons. The van der Waals surface area contributed by atoms with Crippen molar-refractivity contribution in [1.82, 2.24) is 0 Å². The number of fused-ring (bicyclic) bond motifs is 1. The second-order valence-corrected chi connectivity index (χ2v) is 4.28. The van der Waals surface area contributed by atoms with E-state index in [2.05, 4.69) is 12.1 Å². The highest BCUT2D eigenvalue weighted by Gasteiger charge is 2.17. The summed E-state index contributed by atoms with van der Waals surface area (Å²) in [5.41, 5.74) is 0.920. The molecule has 1 aliphatic carbocycles. The van der Waals surface area contributed by atoms with E-state index in [0.717, 1.165) is 21.6 Å². The van der Waals surface area contributed by atoms with Crippen molar-refractivity contribution in [3.63, 3.8) is 0 Å². The van der Waals surface area contributed by atoms with Crippen LogP contribution in [0.4, 0.5) is 0 Å². The number of benzene rings is 1. The van der Waals surface area contributed by atoms with Gasteiger partial charge >= 0.3 is 0 Å². The monoisotopic (exact) mass is 226 g/mol. The molecule has 3 rings (SSSR count). The summed E-state index contributed by atoms with van der Waals surface area (Å²) in [5.74, 6) is 1.03. The molecule has 1 nitrogen and oxygen atoms in total. The van der Waals surface area contributed by atoms with Gasteiger partial charge in [0, 0.05) is 10.3 Å². The molecule has 1 unspecified atom stereocenters. The molecular formula is C14H10OS. The SMILES string of the molecule is S=C1C=CC=CC1c1cc2ccccc2o1. The molecule has 0 saturated heterocycles. The molecule has 1 aromatic carbocycles. The minimum atomic E-state index is 0.104. The molecule has 0 amide bonds. The van der Waals surface area contributed by atoms with Gasteiger partial charge in [-0.05, 0) is 18.2 Å². The molecular weight excluding hydrogens is 216 g/mol. The molecule has 1 heterocycles. The Morgan fingerprint density at radius 3 is 2.81 bits per heavy atom. The molecule has 1 aliphatic rings. The van der Waals surface area contributed by atoms with E-state index < -0.39 is 0 Å². The molecule has 2 heteroatoms. The minimum Gasteiger partial charge on any atom is -0.460 e. The highest BCUT2D eigenvalue weighted by molar-refractivity contribution is 7.80. The number of thiocarbonyl (C=S) groups is 1. The summed E-state index contributed by atoms with van der Waals surface area (Å²) in [4.78, 5) is 0.904. The third kappa shape index (κ3) is 1.51. The lowest BCUT2D eigenvalue weighted by Crippen LogP contribution is -2.06. The van der Waals surface area contributed by atoms with Gasteiger partial charge in [0.25, 0.3) is 0 Å². The standard InChI is InChI=1S/C14H10OS/c16-14-8-4-2-6-11(14)13-9-10-5-1-3-7-12(10)15-13/h1-9,11H. The van der Waals surface area contributed by atoms with Crippen LogP contribution in [0.3, 0.4) is 0 Å². The van der Waals surface area contributed by atoms with Crippen LogP contribution >= 0.6 is 12.2 Å². The van der Waals surface area contributed by atoms with E-state index >= 15 is 0 Å². The predicted molar refractivity (Wildman–Crippen MR) is 69.8 cm³/mol. The van der Waals surface area contributed by atoms with E-state index in [-0.39, 0.29) is 5.92 Å². The zero-order valence-corrected chi connectivity index (χ0v) is 9.41. The summed E-state index contributed by atoms with van der Waals surface area (Å²) >= 11 is 5.32. The fraction of sp³-hybridized carbons (Fsp3) is 0.0714. The number of para-hydroxylation sites is 1. The Morgan fingerprint density at radius 1 is 1.12 bits per heavy atom. The first-order valence-electron chi connectivity index (χ1n) is 5.22. The molecule has 0 bridgehead atoms. The van der Waals surface area contributed by atoms with E-state index in [1.165, 1.54) is 0 Å².